The fraction of sp³-hybridized carbons (Fsp3) is 1.00. The topological polar surface area (TPSA) is 35.2 Å². The third-order valence-corrected chi connectivity index (χ3v) is 3.62. The molecule has 1 aliphatic rings. The van der Waals surface area contributed by atoms with Crippen LogP contribution in [0.1, 0.15) is 71.6 Å². The van der Waals surface area contributed by atoms with Gasteiger partial charge in [-0.15, -0.1) is 0 Å². The van der Waals surface area contributed by atoms with Crippen molar-refractivity contribution < 1.29 is 4.74 Å². The molecule has 0 aromatic heterocycles. The Kier molecular flexibility index (Phi) is 7.06. The summed E-state index contributed by atoms with van der Waals surface area (Å²) in [6.45, 7) is 4.45. The monoisotopic (exact) mass is 227 g/mol. The molecule has 96 valence electrons. The molecule has 0 radical (unpaired) electrons. The summed E-state index contributed by atoms with van der Waals surface area (Å²) in [6, 6.07) is 0.284. The van der Waals surface area contributed by atoms with Crippen molar-refractivity contribution in [1.29, 1.82) is 0 Å². The van der Waals surface area contributed by atoms with Crippen molar-refractivity contribution in [2.24, 2.45) is 5.73 Å². The second kappa shape index (κ2) is 8.08. The predicted molar refractivity (Wildman–Crippen MR) is 69.5 cm³/mol. The Morgan fingerprint density at radius 2 is 1.94 bits per heavy atom. The molecule has 0 spiro atoms. The fourth-order valence-corrected chi connectivity index (χ4v) is 2.52. The van der Waals surface area contributed by atoms with E-state index in [1.807, 2.05) is 0 Å². The summed E-state index contributed by atoms with van der Waals surface area (Å²) >= 11 is 0. The number of unbranched alkanes of at least 4 members (excludes halogenated alkanes) is 3. The van der Waals surface area contributed by atoms with E-state index in [4.69, 9.17) is 10.5 Å². The molecule has 3 atom stereocenters. The number of hydrogen-bond acceptors (Lipinski definition) is 2. The van der Waals surface area contributed by atoms with Crippen molar-refractivity contribution in [3.63, 3.8) is 0 Å². The smallest absolute Gasteiger partial charge is 0.0729 e. The van der Waals surface area contributed by atoms with Gasteiger partial charge in [-0.2, -0.15) is 0 Å². The lowest BCUT2D eigenvalue weighted by molar-refractivity contribution is -0.0352. The first-order chi connectivity index (χ1) is 7.74. The summed E-state index contributed by atoms with van der Waals surface area (Å²) in [4.78, 5) is 0. The maximum atomic E-state index is 6.08. The maximum Gasteiger partial charge on any atom is 0.0729 e. The van der Waals surface area contributed by atoms with Crippen LogP contribution in [-0.2, 0) is 4.74 Å². The van der Waals surface area contributed by atoms with Crippen molar-refractivity contribution in [1.82, 2.24) is 0 Å². The second-order valence-corrected chi connectivity index (χ2v) is 5.28. The summed E-state index contributed by atoms with van der Waals surface area (Å²) < 4.78 is 6.06. The van der Waals surface area contributed by atoms with Crippen LogP contribution in [0, 0.1) is 0 Å². The molecule has 3 unspecified atom stereocenters. The minimum atomic E-state index is 0.284. The highest BCUT2D eigenvalue weighted by atomic mass is 16.5. The van der Waals surface area contributed by atoms with Gasteiger partial charge in [-0.1, -0.05) is 45.4 Å². The first kappa shape index (κ1) is 14.0. The van der Waals surface area contributed by atoms with Gasteiger partial charge in [0.2, 0.25) is 0 Å². The Balaban J connectivity index is 2.09. The molecule has 0 aliphatic heterocycles. The van der Waals surface area contributed by atoms with E-state index in [9.17, 15) is 0 Å². The van der Waals surface area contributed by atoms with E-state index in [1.165, 1.54) is 51.4 Å². The molecule has 2 nitrogen and oxygen atoms in total. The van der Waals surface area contributed by atoms with Gasteiger partial charge >= 0.3 is 0 Å². The molecule has 0 bridgehead atoms. The highest BCUT2D eigenvalue weighted by molar-refractivity contribution is 4.79. The first-order valence-electron chi connectivity index (χ1n) is 7.15. The third kappa shape index (κ3) is 5.31. The van der Waals surface area contributed by atoms with Crippen molar-refractivity contribution in [2.75, 3.05) is 0 Å². The Morgan fingerprint density at radius 3 is 2.62 bits per heavy atom. The number of rotatable bonds is 7. The molecule has 0 aromatic carbocycles. The van der Waals surface area contributed by atoms with Gasteiger partial charge in [-0.05, 0) is 26.2 Å². The molecule has 0 amide bonds. The van der Waals surface area contributed by atoms with Crippen LogP contribution < -0.4 is 5.73 Å². The van der Waals surface area contributed by atoms with E-state index in [2.05, 4.69) is 13.8 Å². The fourth-order valence-electron chi connectivity index (χ4n) is 2.52. The molecule has 16 heavy (non-hydrogen) atoms. The van der Waals surface area contributed by atoms with Gasteiger partial charge in [-0.25, -0.2) is 0 Å². The van der Waals surface area contributed by atoms with Crippen LogP contribution in [-0.4, -0.2) is 18.2 Å². The lowest BCUT2D eigenvalue weighted by atomic mass is 9.93. The molecular formula is C14H29NO. The average Bonchev–Trinajstić information content (AvgIpc) is 2.28. The summed E-state index contributed by atoms with van der Waals surface area (Å²) in [6.07, 6.45) is 12.1. The lowest BCUT2D eigenvalue weighted by Gasteiger charge is -2.31. The highest BCUT2D eigenvalue weighted by Crippen LogP contribution is 2.22. The average molecular weight is 227 g/mol. The van der Waals surface area contributed by atoms with E-state index >= 15 is 0 Å². The van der Waals surface area contributed by atoms with E-state index in [1.54, 1.807) is 0 Å². The summed E-state index contributed by atoms with van der Waals surface area (Å²) in [7, 11) is 0. The van der Waals surface area contributed by atoms with Gasteiger partial charge in [0.25, 0.3) is 0 Å². The van der Waals surface area contributed by atoms with E-state index in [-0.39, 0.29) is 6.04 Å². The van der Waals surface area contributed by atoms with Crippen LogP contribution in [0.2, 0.25) is 0 Å². The Bertz CT molecular complexity index is 172. The zero-order chi connectivity index (χ0) is 11.8. The molecule has 1 fully saturated rings. The molecule has 2 N–H and O–H groups in total. The molecule has 0 saturated heterocycles. The van der Waals surface area contributed by atoms with Crippen LogP contribution in [0.3, 0.4) is 0 Å². The third-order valence-electron chi connectivity index (χ3n) is 3.62. The van der Waals surface area contributed by atoms with Crippen molar-refractivity contribution in [3.8, 4) is 0 Å². The largest absolute Gasteiger partial charge is 0.374 e. The highest BCUT2D eigenvalue weighted by Gasteiger charge is 2.23. The quantitative estimate of drug-likeness (QED) is 0.674. The van der Waals surface area contributed by atoms with Gasteiger partial charge in [0.05, 0.1) is 12.2 Å². The zero-order valence-electron chi connectivity index (χ0n) is 11.1. The van der Waals surface area contributed by atoms with Crippen LogP contribution in [0.15, 0.2) is 0 Å². The SMILES string of the molecule is CCCCCCC(C)OC1CCCCC1N. The van der Waals surface area contributed by atoms with Gasteiger partial charge in [0.15, 0.2) is 0 Å². The predicted octanol–water partition coefficient (Wildman–Crippen LogP) is 3.63. The van der Waals surface area contributed by atoms with Crippen LogP contribution in [0.25, 0.3) is 0 Å². The van der Waals surface area contributed by atoms with Gasteiger partial charge in [0, 0.05) is 6.04 Å². The van der Waals surface area contributed by atoms with Crippen LogP contribution in [0.5, 0.6) is 0 Å². The molecule has 0 heterocycles. The van der Waals surface area contributed by atoms with Gasteiger partial charge in [-0.3, -0.25) is 0 Å². The van der Waals surface area contributed by atoms with Crippen molar-refractivity contribution >= 4 is 0 Å². The summed E-state index contributed by atoms with van der Waals surface area (Å²) in [5.74, 6) is 0. The van der Waals surface area contributed by atoms with Gasteiger partial charge < -0.3 is 10.5 Å². The molecule has 1 saturated carbocycles. The van der Waals surface area contributed by atoms with Crippen LogP contribution in [0.4, 0.5) is 0 Å². The Morgan fingerprint density at radius 1 is 1.19 bits per heavy atom. The Labute approximate surface area is 101 Å². The molecular weight excluding hydrogens is 198 g/mol. The van der Waals surface area contributed by atoms with E-state index in [0.29, 0.717) is 12.2 Å². The second-order valence-electron chi connectivity index (χ2n) is 5.28. The molecule has 0 aromatic rings. The van der Waals surface area contributed by atoms with Gasteiger partial charge in [0.1, 0.15) is 0 Å². The van der Waals surface area contributed by atoms with E-state index < -0.39 is 0 Å². The zero-order valence-corrected chi connectivity index (χ0v) is 11.1. The minimum Gasteiger partial charge on any atom is -0.374 e. The standard InChI is InChI=1S/C14H29NO/c1-3-4-5-6-9-12(2)16-14-11-8-7-10-13(14)15/h12-14H,3-11,15H2,1-2H3. The molecule has 2 heteroatoms. The summed E-state index contributed by atoms with van der Waals surface area (Å²) in [5.41, 5.74) is 6.08. The minimum absolute atomic E-state index is 0.284. The van der Waals surface area contributed by atoms with E-state index in [0.717, 1.165) is 6.42 Å². The number of hydrogen-bond donors (Lipinski definition) is 1. The summed E-state index contributed by atoms with van der Waals surface area (Å²) in [5, 5.41) is 0. The van der Waals surface area contributed by atoms with Crippen molar-refractivity contribution in [3.05, 3.63) is 0 Å². The normalized spacial score (nSPS) is 27.9. The van der Waals surface area contributed by atoms with Crippen LogP contribution >= 0.6 is 0 Å². The first-order valence-corrected chi connectivity index (χ1v) is 7.15. The molecule has 1 aliphatic carbocycles. The number of ether oxygens (including phenoxy) is 1. The lowest BCUT2D eigenvalue weighted by Crippen LogP contribution is -2.41. The number of nitrogens with two attached hydrogens (primary N) is 1. The van der Waals surface area contributed by atoms with Crippen molar-refractivity contribution in [2.45, 2.75) is 89.9 Å². The Hall–Kier alpha value is -0.0800. The maximum absolute atomic E-state index is 6.08. The molecule has 1 rings (SSSR count).